The summed E-state index contributed by atoms with van der Waals surface area (Å²) in [7, 11) is 1.59. The van der Waals surface area contributed by atoms with E-state index >= 15 is 0 Å². The van der Waals surface area contributed by atoms with Gasteiger partial charge in [0, 0.05) is 37.2 Å². The molecule has 27 heavy (non-hydrogen) atoms. The highest BCUT2D eigenvalue weighted by atomic mass is 16.5. The molecule has 1 aromatic heterocycles. The Morgan fingerprint density at radius 3 is 2.67 bits per heavy atom. The van der Waals surface area contributed by atoms with Gasteiger partial charge in [0.2, 0.25) is 0 Å². The van der Waals surface area contributed by atoms with Crippen molar-refractivity contribution in [3.63, 3.8) is 0 Å². The standard InChI is InChI=1S/C22H21NO4/c1-26-19-6-7-20-17(12-22(25)27-21(20)13-19)14-23-10-8-16(9-11-23)15-2-4-18(24)5-3-15/h2-8,12-13,24H,9-11,14H2,1H3. The van der Waals surface area contributed by atoms with Crippen molar-refractivity contribution in [3.05, 3.63) is 76.2 Å². The topological polar surface area (TPSA) is 62.9 Å². The van der Waals surface area contributed by atoms with Crippen LogP contribution in [0, 0.1) is 0 Å². The number of benzene rings is 2. The van der Waals surface area contributed by atoms with Gasteiger partial charge in [-0.05, 0) is 47.4 Å². The SMILES string of the molecule is COc1ccc2c(CN3CC=C(c4ccc(O)cc4)CC3)cc(=O)oc2c1. The van der Waals surface area contributed by atoms with E-state index in [-0.39, 0.29) is 11.4 Å². The van der Waals surface area contributed by atoms with Gasteiger partial charge in [0.15, 0.2) is 0 Å². The van der Waals surface area contributed by atoms with Crippen LogP contribution in [-0.4, -0.2) is 30.2 Å². The average Bonchev–Trinajstić information content (AvgIpc) is 2.68. The van der Waals surface area contributed by atoms with Crippen molar-refractivity contribution >= 4 is 16.5 Å². The van der Waals surface area contributed by atoms with Gasteiger partial charge < -0.3 is 14.3 Å². The molecule has 0 bridgehead atoms. The summed E-state index contributed by atoms with van der Waals surface area (Å²) >= 11 is 0. The minimum absolute atomic E-state index is 0.281. The van der Waals surface area contributed by atoms with Crippen LogP contribution in [0.3, 0.4) is 0 Å². The number of nitrogens with zero attached hydrogens (tertiary/aromatic N) is 1. The molecule has 1 N–H and O–H groups in total. The fourth-order valence-corrected chi connectivity index (χ4v) is 3.50. The van der Waals surface area contributed by atoms with Crippen molar-refractivity contribution in [1.82, 2.24) is 4.90 Å². The van der Waals surface area contributed by atoms with Crippen molar-refractivity contribution in [1.29, 1.82) is 0 Å². The first-order valence-electron chi connectivity index (χ1n) is 8.94. The Hall–Kier alpha value is -3.05. The molecule has 1 aliphatic rings. The van der Waals surface area contributed by atoms with E-state index in [9.17, 15) is 9.90 Å². The Bertz CT molecular complexity index is 1050. The zero-order valence-electron chi connectivity index (χ0n) is 15.1. The van der Waals surface area contributed by atoms with Crippen LogP contribution in [0.25, 0.3) is 16.5 Å². The highest BCUT2D eigenvalue weighted by Crippen LogP contribution is 2.27. The molecule has 0 radical (unpaired) electrons. The maximum atomic E-state index is 12.0. The predicted molar refractivity (Wildman–Crippen MR) is 105 cm³/mol. The lowest BCUT2D eigenvalue weighted by Gasteiger charge is -2.26. The Morgan fingerprint density at radius 1 is 1.15 bits per heavy atom. The number of phenols is 1. The molecule has 0 saturated carbocycles. The maximum Gasteiger partial charge on any atom is 0.336 e. The Morgan fingerprint density at radius 2 is 1.96 bits per heavy atom. The molecule has 0 spiro atoms. The zero-order chi connectivity index (χ0) is 18.8. The van der Waals surface area contributed by atoms with E-state index in [0.717, 1.165) is 36.0 Å². The summed E-state index contributed by atoms with van der Waals surface area (Å²) in [6.45, 7) is 2.41. The summed E-state index contributed by atoms with van der Waals surface area (Å²) in [4.78, 5) is 14.3. The lowest BCUT2D eigenvalue weighted by atomic mass is 9.99. The van der Waals surface area contributed by atoms with Gasteiger partial charge in [-0.2, -0.15) is 0 Å². The van der Waals surface area contributed by atoms with Gasteiger partial charge in [-0.3, -0.25) is 4.90 Å². The number of fused-ring (bicyclic) bond motifs is 1. The van der Waals surface area contributed by atoms with Gasteiger partial charge in [0.25, 0.3) is 0 Å². The fraction of sp³-hybridized carbons (Fsp3) is 0.227. The molecule has 2 aromatic carbocycles. The highest BCUT2D eigenvalue weighted by Gasteiger charge is 2.16. The van der Waals surface area contributed by atoms with Crippen LogP contribution in [0.2, 0.25) is 0 Å². The molecule has 0 atom stereocenters. The molecule has 5 nitrogen and oxygen atoms in total. The smallest absolute Gasteiger partial charge is 0.336 e. The molecule has 4 rings (SSSR count). The monoisotopic (exact) mass is 363 g/mol. The summed E-state index contributed by atoms with van der Waals surface area (Å²) in [5.41, 5.74) is 3.60. The Kier molecular flexibility index (Phi) is 4.69. The zero-order valence-corrected chi connectivity index (χ0v) is 15.1. The van der Waals surface area contributed by atoms with Gasteiger partial charge in [0.05, 0.1) is 7.11 Å². The van der Waals surface area contributed by atoms with Crippen LogP contribution in [0.15, 0.2) is 63.8 Å². The Balaban J connectivity index is 1.55. The number of methoxy groups -OCH3 is 1. The summed E-state index contributed by atoms with van der Waals surface area (Å²) < 4.78 is 10.5. The first-order chi connectivity index (χ1) is 13.1. The number of hydrogen-bond donors (Lipinski definition) is 1. The molecule has 2 heterocycles. The second kappa shape index (κ2) is 7.29. The average molecular weight is 363 g/mol. The minimum Gasteiger partial charge on any atom is -0.508 e. The van der Waals surface area contributed by atoms with Crippen molar-refractivity contribution in [2.75, 3.05) is 20.2 Å². The van der Waals surface area contributed by atoms with Crippen LogP contribution in [0.4, 0.5) is 0 Å². The van der Waals surface area contributed by atoms with Crippen LogP contribution in [-0.2, 0) is 6.54 Å². The molecule has 3 aromatic rings. The Labute approximate surface area is 157 Å². The van der Waals surface area contributed by atoms with E-state index < -0.39 is 0 Å². The summed E-state index contributed by atoms with van der Waals surface area (Å²) in [6, 6.07) is 14.5. The van der Waals surface area contributed by atoms with Gasteiger partial charge in [-0.1, -0.05) is 18.2 Å². The van der Waals surface area contributed by atoms with Crippen LogP contribution < -0.4 is 10.4 Å². The second-order valence-corrected chi connectivity index (χ2v) is 6.71. The lowest BCUT2D eigenvalue weighted by molar-refractivity contribution is 0.294. The number of hydrogen-bond acceptors (Lipinski definition) is 5. The first-order valence-corrected chi connectivity index (χ1v) is 8.94. The van der Waals surface area contributed by atoms with E-state index in [1.807, 2.05) is 24.3 Å². The van der Waals surface area contributed by atoms with E-state index in [2.05, 4.69) is 11.0 Å². The number of ether oxygens (including phenoxy) is 1. The summed E-state index contributed by atoms with van der Waals surface area (Å²) in [6.07, 6.45) is 3.14. The fourth-order valence-electron chi connectivity index (χ4n) is 3.50. The van der Waals surface area contributed by atoms with Crippen LogP contribution in [0.5, 0.6) is 11.5 Å². The molecule has 138 valence electrons. The summed E-state index contributed by atoms with van der Waals surface area (Å²) in [5.74, 6) is 0.949. The molecule has 0 unspecified atom stereocenters. The number of aromatic hydroxyl groups is 1. The third-order valence-electron chi connectivity index (χ3n) is 4.96. The van der Waals surface area contributed by atoms with Gasteiger partial charge in [-0.25, -0.2) is 4.79 Å². The van der Waals surface area contributed by atoms with Crippen molar-refractivity contribution in [2.45, 2.75) is 13.0 Å². The van der Waals surface area contributed by atoms with E-state index in [0.29, 0.717) is 17.9 Å². The first kappa shape index (κ1) is 17.4. The largest absolute Gasteiger partial charge is 0.508 e. The third-order valence-corrected chi connectivity index (χ3v) is 4.96. The number of phenolic OH excluding ortho intramolecular Hbond substituents is 1. The molecule has 0 fully saturated rings. The molecular formula is C22H21NO4. The van der Waals surface area contributed by atoms with E-state index in [1.165, 1.54) is 5.57 Å². The lowest BCUT2D eigenvalue weighted by Crippen LogP contribution is -2.28. The van der Waals surface area contributed by atoms with Gasteiger partial charge in [-0.15, -0.1) is 0 Å². The minimum atomic E-state index is -0.344. The molecular weight excluding hydrogens is 342 g/mol. The van der Waals surface area contributed by atoms with Crippen molar-refractivity contribution in [2.24, 2.45) is 0 Å². The quantitative estimate of drug-likeness (QED) is 0.715. The molecule has 0 saturated heterocycles. The van der Waals surface area contributed by atoms with Gasteiger partial charge >= 0.3 is 5.63 Å². The highest BCUT2D eigenvalue weighted by molar-refractivity contribution is 5.81. The molecule has 0 aliphatic carbocycles. The van der Waals surface area contributed by atoms with Crippen molar-refractivity contribution < 1.29 is 14.3 Å². The molecule has 1 aliphatic heterocycles. The summed E-state index contributed by atoms with van der Waals surface area (Å²) in [5, 5.41) is 10.4. The molecule has 5 heteroatoms. The van der Waals surface area contributed by atoms with Gasteiger partial charge in [0.1, 0.15) is 17.1 Å². The normalized spacial score (nSPS) is 14.9. The molecule has 0 amide bonds. The van der Waals surface area contributed by atoms with E-state index in [1.54, 1.807) is 31.4 Å². The number of rotatable bonds is 4. The third kappa shape index (κ3) is 3.73. The van der Waals surface area contributed by atoms with Crippen LogP contribution in [0.1, 0.15) is 17.5 Å². The van der Waals surface area contributed by atoms with Crippen molar-refractivity contribution in [3.8, 4) is 11.5 Å². The van der Waals surface area contributed by atoms with Crippen LogP contribution >= 0.6 is 0 Å². The predicted octanol–water partition coefficient (Wildman–Crippen LogP) is 3.80. The maximum absolute atomic E-state index is 12.0. The van der Waals surface area contributed by atoms with E-state index in [4.69, 9.17) is 9.15 Å². The second-order valence-electron chi connectivity index (χ2n) is 6.71.